The second-order valence-electron chi connectivity index (χ2n) is 7.06. The fraction of sp³-hybridized carbons (Fsp3) is 0.737. The van der Waals surface area contributed by atoms with Gasteiger partial charge in [0.1, 0.15) is 18.3 Å². The van der Waals surface area contributed by atoms with Gasteiger partial charge in [-0.15, -0.1) is 11.3 Å². The molecule has 9 nitrogen and oxygen atoms in total. The van der Waals surface area contributed by atoms with Crippen LogP contribution < -0.4 is 0 Å². The van der Waals surface area contributed by atoms with E-state index in [2.05, 4.69) is 4.98 Å². The molecule has 1 aliphatic heterocycles. The minimum Gasteiger partial charge on any atom is -0.388 e. The molecule has 0 aromatic carbocycles. The average Bonchev–Trinajstić information content (AvgIpc) is 3.24. The van der Waals surface area contributed by atoms with Gasteiger partial charge < -0.3 is 29.5 Å². The van der Waals surface area contributed by atoms with E-state index in [0.717, 1.165) is 12.8 Å². The maximum atomic E-state index is 12.7. The van der Waals surface area contributed by atoms with Gasteiger partial charge in [0.05, 0.1) is 6.61 Å². The highest BCUT2D eigenvalue weighted by molar-refractivity contribution is 7.11. The monoisotopic (exact) mass is 429 g/mol. The Labute approximate surface area is 175 Å². The summed E-state index contributed by atoms with van der Waals surface area (Å²) in [5, 5.41) is 22.8. The van der Waals surface area contributed by atoms with Crippen LogP contribution in [0.5, 0.6) is 0 Å². The Morgan fingerprint density at radius 1 is 1.21 bits per heavy atom. The summed E-state index contributed by atoms with van der Waals surface area (Å²) >= 11 is 1.31. The summed E-state index contributed by atoms with van der Waals surface area (Å²) in [4.78, 5) is 32.2. The SMILES string of the molecule is CO[C@H]1CN(C(C)=O)CCCN(C(=O)c2nccs2)CCCCOC[C@H](O)[C@@H]1O. The number of carbonyl (C=O) groups is 2. The van der Waals surface area contributed by atoms with Gasteiger partial charge in [0.25, 0.3) is 5.91 Å². The van der Waals surface area contributed by atoms with Crippen LogP contribution in [0.1, 0.15) is 36.0 Å². The smallest absolute Gasteiger partial charge is 0.282 e. The molecule has 2 heterocycles. The number of thiazole rings is 1. The van der Waals surface area contributed by atoms with Crippen molar-refractivity contribution >= 4 is 23.2 Å². The number of aromatic nitrogens is 1. The van der Waals surface area contributed by atoms with Gasteiger partial charge in [0, 0.05) is 58.4 Å². The predicted molar refractivity (Wildman–Crippen MR) is 108 cm³/mol. The van der Waals surface area contributed by atoms with Crippen molar-refractivity contribution in [3.63, 3.8) is 0 Å². The first kappa shape index (κ1) is 23.7. The molecule has 0 aliphatic carbocycles. The number of aliphatic hydroxyl groups excluding tert-OH is 2. The zero-order chi connectivity index (χ0) is 21.2. The largest absolute Gasteiger partial charge is 0.388 e. The summed E-state index contributed by atoms with van der Waals surface area (Å²) in [7, 11) is 1.43. The number of hydrogen-bond donors (Lipinski definition) is 2. The highest BCUT2D eigenvalue weighted by Crippen LogP contribution is 2.13. The van der Waals surface area contributed by atoms with Gasteiger partial charge in [-0.05, 0) is 19.3 Å². The minimum atomic E-state index is -1.17. The molecule has 1 aromatic heterocycles. The van der Waals surface area contributed by atoms with E-state index < -0.39 is 18.3 Å². The molecule has 0 bridgehead atoms. The van der Waals surface area contributed by atoms with Crippen LogP contribution in [0.15, 0.2) is 11.6 Å². The van der Waals surface area contributed by atoms with E-state index >= 15 is 0 Å². The Kier molecular flexibility index (Phi) is 9.95. The number of aliphatic hydroxyl groups is 2. The Bertz CT molecular complexity index is 629. The van der Waals surface area contributed by atoms with Crippen molar-refractivity contribution in [2.75, 3.05) is 46.5 Å². The number of methoxy groups -OCH3 is 1. The first-order valence-electron chi connectivity index (χ1n) is 9.85. The number of rotatable bonds is 2. The second-order valence-corrected chi connectivity index (χ2v) is 7.96. The molecule has 1 aliphatic rings. The van der Waals surface area contributed by atoms with Crippen molar-refractivity contribution in [1.82, 2.24) is 14.8 Å². The number of carbonyl (C=O) groups excluding carboxylic acids is 2. The Balaban J connectivity index is 2.09. The van der Waals surface area contributed by atoms with Crippen molar-refractivity contribution < 1.29 is 29.3 Å². The molecule has 29 heavy (non-hydrogen) atoms. The average molecular weight is 430 g/mol. The summed E-state index contributed by atoms with van der Waals surface area (Å²) in [5.41, 5.74) is 0. The van der Waals surface area contributed by atoms with Crippen molar-refractivity contribution in [3.8, 4) is 0 Å². The van der Waals surface area contributed by atoms with Gasteiger partial charge in [-0.2, -0.15) is 0 Å². The summed E-state index contributed by atoms with van der Waals surface area (Å²) in [5.74, 6) is -0.271. The van der Waals surface area contributed by atoms with E-state index in [1.165, 1.54) is 25.4 Å². The molecule has 2 amide bonds. The number of hydrogen-bond acceptors (Lipinski definition) is 8. The third-order valence-corrected chi connectivity index (χ3v) is 5.70. The molecule has 3 atom stereocenters. The Morgan fingerprint density at radius 2 is 1.93 bits per heavy atom. The van der Waals surface area contributed by atoms with Crippen LogP contribution in [0.4, 0.5) is 0 Å². The molecule has 0 saturated carbocycles. The standard InChI is InChI=1S/C19H31N3O6S/c1-14(23)22-9-5-8-21(19(26)18-20-6-11-29-18)7-3-4-10-28-13-15(24)17(25)16(12-22)27-2/h6,11,15-17,24-25H,3-5,7-10,12-13H2,1-2H3/t15-,16-,17-/m0/s1. The summed E-state index contributed by atoms with van der Waals surface area (Å²) in [6.07, 6.45) is 0.637. The van der Waals surface area contributed by atoms with Crippen LogP contribution in [0.25, 0.3) is 0 Å². The molecule has 0 spiro atoms. The molecule has 0 unspecified atom stereocenters. The third-order valence-electron chi connectivity index (χ3n) is 4.94. The van der Waals surface area contributed by atoms with Crippen LogP contribution in [0, 0.1) is 0 Å². The lowest BCUT2D eigenvalue weighted by Gasteiger charge is -2.31. The molecule has 1 fully saturated rings. The third kappa shape index (κ3) is 7.31. The zero-order valence-corrected chi connectivity index (χ0v) is 17.8. The number of amides is 2. The second kappa shape index (κ2) is 12.2. The molecule has 164 valence electrons. The molecule has 0 radical (unpaired) electrons. The van der Waals surface area contributed by atoms with E-state index in [1.54, 1.807) is 21.4 Å². The van der Waals surface area contributed by atoms with Gasteiger partial charge in [-0.1, -0.05) is 0 Å². The maximum Gasteiger partial charge on any atom is 0.282 e. The van der Waals surface area contributed by atoms with E-state index in [9.17, 15) is 19.8 Å². The lowest BCUT2D eigenvalue weighted by Crippen LogP contribution is -2.48. The lowest BCUT2D eigenvalue weighted by atomic mass is 10.1. The van der Waals surface area contributed by atoms with Gasteiger partial charge in [0.2, 0.25) is 5.91 Å². The van der Waals surface area contributed by atoms with Crippen molar-refractivity contribution in [2.24, 2.45) is 0 Å². The highest BCUT2D eigenvalue weighted by Gasteiger charge is 2.29. The van der Waals surface area contributed by atoms with E-state index in [1.807, 2.05) is 0 Å². The molecular formula is C19H31N3O6S. The van der Waals surface area contributed by atoms with Gasteiger partial charge in [0.15, 0.2) is 5.01 Å². The fourth-order valence-electron chi connectivity index (χ4n) is 3.21. The van der Waals surface area contributed by atoms with Crippen LogP contribution in [-0.2, 0) is 14.3 Å². The summed E-state index contributed by atoms with van der Waals surface area (Å²) < 4.78 is 10.8. The number of ether oxygens (including phenoxy) is 2. The van der Waals surface area contributed by atoms with Crippen LogP contribution in [0.3, 0.4) is 0 Å². The molecule has 1 aromatic rings. The fourth-order valence-corrected chi connectivity index (χ4v) is 3.81. The summed E-state index contributed by atoms with van der Waals surface area (Å²) in [6.45, 7) is 3.45. The summed E-state index contributed by atoms with van der Waals surface area (Å²) in [6, 6.07) is 0. The zero-order valence-electron chi connectivity index (χ0n) is 17.0. The van der Waals surface area contributed by atoms with E-state index in [0.29, 0.717) is 37.7 Å². The normalized spacial score (nSPS) is 25.9. The van der Waals surface area contributed by atoms with Crippen LogP contribution in [0.2, 0.25) is 0 Å². The topological polar surface area (TPSA) is 112 Å². The Morgan fingerprint density at radius 3 is 2.59 bits per heavy atom. The molecule has 2 N–H and O–H groups in total. The molecular weight excluding hydrogens is 398 g/mol. The maximum absolute atomic E-state index is 12.7. The van der Waals surface area contributed by atoms with Gasteiger partial charge in [-0.25, -0.2) is 4.98 Å². The highest BCUT2D eigenvalue weighted by atomic mass is 32.1. The van der Waals surface area contributed by atoms with E-state index in [-0.39, 0.29) is 25.0 Å². The quantitative estimate of drug-likeness (QED) is 0.698. The number of nitrogens with zero attached hydrogens (tertiary/aromatic N) is 3. The van der Waals surface area contributed by atoms with Gasteiger partial charge in [-0.3, -0.25) is 9.59 Å². The Hall–Kier alpha value is -1.59. The molecule has 10 heteroatoms. The van der Waals surface area contributed by atoms with Crippen molar-refractivity contribution in [2.45, 2.75) is 44.5 Å². The van der Waals surface area contributed by atoms with Gasteiger partial charge >= 0.3 is 0 Å². The van der Waals surface area contributed by atoms with Crippen molar-refractivity contribution in [1.29, 1.82) is 0 Å². The predicted octanol–water partition coefficient (Wildman–Crippen LogP) is 0.371. The van der Waals surface area contributed by atoms with Crippen molar-refractivity contribution in [3.05, 3.63) is 16.6 Å². The lowest BCUT2D eigenvalue weighted by molar-refractivity contribution is -0.136. The van der Waals surface area contributed by atoms with E-state index in [4.69, 9.17) is 9.47 Å². The first-order valence-corrected chi connectivity index (χ1v) is 10.7. The molecule has 2 rings (SSSR count). The molecule has 1 saturated heterocycles. The first-order chi connectivity index (χ1) is 13.9. The van der Waals surface area contributed by atoms with Crippen LogP contribution >= 0.6 is 11.3 Å². The van der Waals surface area contributed by atoms with Crippen LogP contribution in [-0.4, -0.2) is 102 Å². The minimum absolute atomic E-state index is 0.0249.